The highest BCUT2D eigenvalue weighted by atomic mass is 127. The van der Waals surface area contributed by atoms with Crippen LogP contribution < -0.4 is 0 Å². The van der Waals surface area contributed by atoms with E-state index in [4.69, 9.17) is 11.6 Å². The number of carbonyl (C=O) groups is 1. The summed E-state index contributed by atoms with van der Waals surface area (Å²) in [6.07, 6.45) is 1.63. The molecule has 5 heteroatoms. The molecule has 0 amide bonds. The van der Waals surface area contributed by atoms with Crippen molar-refractivity contribution in [2.24, 2.45) is 0 Å². The number of carbonyl (C=O) groups excluding carboxylic acids is 1. The quantitative estimate of drug-likeness (QED) is 0.621. The monoisotopic (exact) mass is 360 g/mol. The molecule has 0 aliphatic carbocycles. The number of nitrogens with zero attached hydrogens (tertiary/aromatic N) is 2. The van der Waals surface area contributed by atoms with Crippen LogP contribution in [-0.2, 0) is 6.54 Å². The molecule has 88 valence electrons. The molecule has 0 unspecified atom stereocenters. The van der Waals surface area contributed by atoms with Gasteiger partial charge in [-0.05, 0) is 53.8 Å². The average molecular weight is 361 g/mol. The first-order chi connectivity index (χ1) is 8.13. The molecule has 0 atom stereocenters. The Balaban J connectivity index is 2.40. The molecule has 2 rings (SSSR count). The van der Waals surface area contributed by atoms with Gasteiger partial charge in [0.2, 0.25) is 5.78 Å². The summed E-state index contributed by atoms with van der Waals surface area (Å²) in [6, 6.07) is 7.03. The predicted molar refractivity (Wildman–Crippen MR) is 75.5 cm³/mol. The van der Waals surface area contributed by atoms with Crippen molar-refractivity contribution < 1.29 is 4.79 Å². The van der Waals surface area contributed by atoms with Gasteiger partial charge < -0.3 is 0 Å². The lowest BCUT2D eigenvalue weighted by Crippen LogP contribution is -2.10. The van der Waals surface area contributed by atoms with Crippen molar-refractivity contribution in [1.29, 1.82) is 0 Å². The summed E-state index contributed by atoms with van der Waals surface area (Å²) in [4.78, 5) is 12.2. The van der Waals surface area contributed by atoms with Crippen LogP contribution in [0, 0.1) is 3.57 Å². The van der Waals surface area contributed by atoms with Gasteiger partial charge in [-0.2, -0.15) is 5.10 Å². The summed E-state index contributed by atoms with van der Waals surface area (Å²) in [7, 11) is 0. The van der Waals surface area contributed by atoms with Crippen LogP contribution in [0.2, 0.25) is 5.02 Å². The molecule has 2 aromatic rings. The van der Waals surface area contributed by atoms with Crippen molar-refractivity contribution in [2.45, 2.75) is 13.5 Å². The van der Waals surface area contributed by atoms with Crippen LogP contribution in [0.4, 0.5) is 0 Å². The first kappa shape index (κ1) is 12.6. The van der Waals surface area contributed by atoms with Gasteiger partial charge in [0.1, 0.15) is 5.69 Å². The summed E-state index contributed by atoms with van der Waals surface area (Å²) in [5, 5.41) is 4.68. The second-order valence-electron chi connectivity index (χ2n) is 3.49. The Morgan fingerprint density at radius 2 is 2.24 bits per heavy atom. The topological polar surface area (TPSA) is 34.9 Å². The van der Waals surface area contributed by atoms with Crippen LogP contribution in [0.1, 0.15) is 23.0 Å². The van der Waals surface area contributed by atoms with Gasteiger partial charge in [0.15, 0.2) is 0 Å². The molecule has 0 spiro atoms. The van der Waals surface area contributed by atoms with Crippen LogP contribution in [0.25, 0.3) is 0 Å². The van der Waals surface area contributed by atoms with E-state index >= 15 is 0 Å². The van der Waals surface area contributed by atoms with Gasteiger partial charge in [0, 0.05) is 21.9 Å². The lowest BCUT2D eigenvalue weighted by molar-refractivity contribution is 0.102. The number of halogens is 2. The number of hydrogen-bond acceptors (Lipinski definition) is 2. The van der Waals surface area contributed by atoms with Crippen LogP contribution >= 0.6 is 34.2 Å². The molecular weight excluding hydrogens is 351 g/mol. The van der Waals surface area contributed by atoms with Crippen LogP contribution in [0.15, 0.2) is 30.5 Å². The highest BCUT2D eigenvalue weighted by Crippen LogP contribution is 2.21. The van der Waals surface area contributed by atoms with Crippen molar-refractivity contribution in [2.75, 3.05) is 0 Å². The normalized spacial score (nSPS) is 10.5. The molecule has 0 aliphatic rings. The van der Waals surface area contributed by atoms with Gasteiger partial charge in [-0.15, -0.1) is 0 Å². The molecule has 0 saturated heterocycles. The first-order valence-corrected chi connectivity index (χ1v) is 6.60. The molecule has 0 bridgehead atoms. The molecule has 1 aromatic heterocycles. The lowest BCUT2D eigenvalue weighted by atomic mass is 10.1. The van der Waals surface area contributed by atoms with Gasteiger partial charge >= 0.3 is 0 Å². The van der Waals surface area contributed by atoms with Gasteiger partial charge in [-0.1, -0.05) is 11.6 Å². The van der Waals surface area contributed by atoms with Crippen LogP contribution in [-0.4, -0.2) is 15.6 Å². The maximum Gasteiger partial charge on any atom is 0.211 e. The molecule has 0 radical (unpaired) electrons. The minimum Gasteiger partial charge on any atom is -0.287 e. The Morgan fingerprint density at radius 1 is 1.47 bits per heavy atom. The molecule has 0 saturated carbocycles. The van der Waals surface area contributed by atoms with E-state index in [1.165, 1.54) is 0 Å². The lowest BCUT2D eigenvalue weighted by Gasteiger charge is -2.05. The second-order valence-corrected chi connectivity index (χ2v) is 5.06. The second kappa shape index (κ2) is 5.18. The summed E-state index contributed by atoms with van der Waals surface area (Å²) in [5.74, 6) is -0.0531. The third kappa shape index (κ3) is 2.52. The minimum atomic E-state index is -0.0531. The van der Waals surface area contributed by atoms with E-state index in [0.29, 0.717) is 22.8 Å². The van der Waals surface area contributed by atoms with Crippen molar-refractivity contribution in [3.05, 3.63) is 50.3 Å². The molecule has 0 fully saturated rings. The summed E-state index contributed by atoms with van der Waals surface area (Å²) in [5.41, 5.74) is 1.18. The largest absolute Gasteiger partial charge is 0.287 e. The fraction of sp³-hybridized carbons (Fsp3) is 0.167. The molecular formula is C12H10ClIN2O. The first-order valence-electron chi connectivity index (χ1n) is 5.15. The maximum atomic E-state index is 12.2. The van der Waals surface area contributed by atoms with E-state index in [0.717, 1.165) is 3.57 Å². The van der Waals surface area contributed by atoms with Crippen molar-refractivity contribution in [1.82, 2.24) is 9.78 Å². The molecule has 1 heterocycles. The van der Waals surface area contributed by atoms with Crippen molar-refractivity contribution in [3.63, 3.8) is 0 Å². The zero-order valence-corrected chi connectivity index (χ0v) is 12.1. The highest BCUT2D eigenvalue weighted by molar-refractivity contribution is 14.1. The average Bonchev–Trinajstić information content (AvgIpc) is 2.80. The summed E-state index contributed by atoms with van der Waals surface area (Å²) in [6.45, 7) is 2.62. The Bertz CT molecular complexity index is 565. The van der Waals surface area contributed by atoms with E-state index in [-0.39, 0.29) is 5.78 Å². The third-order valence-corrected chi connectivity index (χ3v) is 4.00. The van der Waals surface area contributed by atoms with Crippen molar-refractivity contribution in [3.8, 4) is 0 Å². The SMILES string of the molecule is CCn1nccc1C(=O)c1ccc(I)c(Cl)c1. The third-order valence-electron chi connectivity index (χ3n) is 2.43. The standard InChI is InChI=1S/C12H10ClIN2O/c1-2-16-11(5-6-15-16)12(17)8-3-4-10(14)9(13)7-8/h3-7H,2H2,1H3. The zero-order chi connectivity index (χ0) is 12.4. The van der Waals surface area contributed by atoms with Gasteiger partial charge in [0.25, 0.3) is 0 Å². The number of benzene rings is 1. The fourth-order valence-electron chi connectivity index (χ4n) is 1.56. The van der Waals surface area contributed by atoms with E-state index < -0.39 is 0 Å². The summed E-state index contributed by atoms with van der Waals surface area (Å²) < 4.78 is 2.61. The molecule has 0 N–H and O–H groups in total. The zero-order valence-electron chi connectivity index (χ0n) is 9.15. The van der Waals surface area contributed by atoms with Crippen LogP contribution in [0.5, 0.6) is 0 Å². The fourth-order valence-corrected chi connectivity index (χ4v) is 2.08. The molecule has 17 heavy (non-hydrogen) atoms. The Morgan fingerprint density at radius 3 is 2.88 bits per heavy atom. The highest BCUT2D eigenvalue weighted by Gasteiger charge is 2.14. The Kier molecular flexibility index (Phi) is 3.83. The van der Waals surface area contributed by atoms with Crippen molar-refractivity contribution >= 4 is 40.0 Å². The minimum absolute atomic E-state index is 0.0531. The van der Waals surface area contributed by atoms with Gasteiger partial charge in [-0.25, -0.2) is 0 Å². The number of rotatable bonds is 3. The maximum absolute atomic E-state index is 12.2. The van der Waals surface area contributed by atoms with E-state index in [2.05, 4.69) is 27.7 Å². The molecule has 0 aliphatic heterocycles. The number of aromatic nitrogens is 2. The van der Waals surface area contributed by atoms with E-state index in [1.54, 1.807) is 29.1 Å². The summed E-state index contributed by atoms with van der Waals surface area (Å²) >= 11 is 8.14. The van der Waals surface area contributed by atoms with Gasteiger partial charge in [-0.3, -0.25) is 9.48 Å². The smallest absolute Gasteiger partial charge is 0.211 e. The number of aryl methyl sites for hydroxylation is 1. The van der Waals surface area contributed by atoms with Crippen LogP contribution in [0.3, 0.4) is 0 Å². The Labute approximate surface area is 118 Å². The molecule has 1 aromatic carbocycles. The number of ketones is 1. The number of hydrogen-bond donors (Lipinski definition) is 0. The predicted octanol–water partition coefficient (Wildman–Crippen LogP) is 3.39. The molecule has 3 nitrogen and oxygen atoms in total. The Hall–Kier alpha value is -0.880. The van der Waals surface area contributed by atoms with Gasteiger partial charge in [0.05, 0.1) is 5.02 Å². The van der Waals surface area contributed by atoms with E-state index in [9.17, 15) is 4.79 Å². The van der Waals surface area contributed by atoms with E-state index in [1.807, 2.05) is 13.0 Å².